The standard InChI is InChI=1S/C13H14F3N5O2/c14-13(15,16)10-4-9(8(5-17)6-18-7-11(22)23)19-12(20-10)21-2-1-3-21/h4-6H,1-3,7,17H2,(H,22,23). The number of aliphatic imine (C=N–C) groups is 1. The van der Waals surface area contributed by atoms with Gasteiger partial charge in [0.25, 0.3) is 0 Å². The number of hydrogen-bond donors (Lipinski definition) is 2. The number of nitrogens with two attached hydrogens (primary N) is 1. The number of carbonyl (C=O) groups is 1. The molecule has 0 saturated carbocycles. The van der Waals surface area contributed by atoms with Gasteiger partial charge in [-0.2, -0.15) is 13.2 Å². The summed E-state index contributed by atoms with van der Waals surface area (Å²) < 4.78 is 39.0. The van der Waals surface area contributed by atoms with Crippen molar-refractivity contribution in [1.82, 2.24) is 9.97 Å². The Labute approximate surface area is 129 Å². The van der Waals surface area contributed by atoms with E-state index in [0.717, 1.165) is 24.9 Å². The monoisotopic (exact) mass is 329 g/mol. The van der Waals surface area contributed by atoms with Gasteiger partial charge in [-0.3, -0.25) is 9.79 Å². The molecule has 1 aromatic heterocycles. The molecule has 1 saturated heterocycles. The molecule has 2 rings (SSSR count). The van der Waals surface area contributed by atoms with Gasteiger partial charge in [0, 0.05) is 31.1 Å². The summed E-state index contributed by atoms with van der Waals surface area (Å²) in [4.78, 5) is 23.2. The molecule has 3 N–H and O–H groups in total. The first kappa shape index (κ1) is 16.7. The molecule has 7 nitrogen and oxygen atoms in total. The molecule has 10 heteroatoms. The minimum atomic E-state index is -4.63. The van der Waals surface area contributed by atoms with Crippen molar-refractivity contribution in [1.29, 1.82) is 0 Å². The fourth-order valence-corrected chi connectivity index (χ4v) is 1.80. The van der Waals surface area contributed by atoms with Gasteiger partial charge in [0.15, 0.2) is 5.69 Å². The zero-order chi connectivity index (χ0) is 17.0. The van der Waals surface area contributed by atoms with Crippen LogP contribution in [0, 0.1) is 0 Å². The van der Waals surface area contributed by atoms with Crippen LogP contribution in [-0.2, 0) is 11.0 Å². The number of allylic oxidation sites excluding steroid dienone is 1. The van der Waals surface area contributed by atoms with Crippen molar-refractivity contribution in [3.05, 3.63) is 23.7 Å². The first-order valence-corrected chi connectivity index (χ1v) is 6.66. The highest BCUT2D eigenvalue weighted by Gasteiger charge is 2.35. The topological polar surface area (TPSA) is 105 Å². The highest BCUT2D eigenvalue weighted by molar-refractivity contribution is 6.09. The van der Waals surface area contributed by atoms with E-state index in [1.165, 1.54) is 0 Å². The summed E-state index contributed by atoms with van der Waals surface area (Å²) in [7, 11) is 0. The van der Waals surface area contributed by atoms with E-state index in [2.05, 4.69) is 15.0 Å². The van der Waals surface area contributed by atoms with Crippen molar-refractivity contribution in [2.24, 2.45) is 10.7 Å². The van der Waals surface area contributed by atoms with Crippen LogP contribution in [0.15, 0.2) is 17.3 Å². The van der Waals surface area contributed by atoms with E-state index < -0.39 is 24.4 Å². The molecule has 1 aliphatic heterocycles. The number of rotatable bonds is 5. The van der Waals surface area contributed by atoms with Crippen LogP contribution in [0.1, 0.15) is 17.8 Å². The first-order chi connectivity index (χ1) is 10.8. The van der Waals surface area contributed by atoms with Gasteiger partial charge in [-0.25, -0.2) is 9.97 Å². The molecule has 1 aliphatic rings. The van der Waals surface area contributed by atoms with Crippen LogP contribution in [-0.4, -0.2) is 46.9 Å². The van der Waals surface area contributed by atoms with Crippen molar-refractivity contribution in [2.75, 3.05) is 24.5 Å². The quantitative estimate of drug-likeness (QED) is 0.786. The summed E-state index contributed by atoms with van der Waals surface area (Å²) in [6.07, 6.45) is -1.67. The minimum absolute atomic E-state index is 0.0351. The zero-order valence-corrected chi connectivity index (χ0v) is 11.9. The number of nitrogens with zero attached hydrogens (tertiary/aromatic N) is 4. The van der Waals surface area contributed by atoms with Gasteiger partial charge in [0.2, 0.25) is 5.95 Å². The Morgan fingerprint density at radius 1 is 1.43 bits per heavy atom. The smallest absolute Gasteiger partial charge is 0.433 e. The molecule has 0 atom stereocenters. The molecule has 0 aromatic carbocycles. The van der Waals surface area contributed by atoms with Crippen LogP contribution < -0.4 is 10.6 Å². The summed E-state index contributed by atoms with van der Waals surface area (Å²) >= 11 is 0. The van der Waals surface area contributed by atoms with Crippen LogP contribution in [0.4, 0.5) is 19.1 Å². The lowest BCUT2D eigenvalue weighted by molar-refractivity contribution is -0.141. The van der Waals surface area contributed by atoms with Gasteiger partial charge < -0.3 is 15.7 Å². The van der Waals surface area contributed by atoms with Crippen molar-refractivity contribution in [3.63, 3.8) is 0 Å². The van der Waals surface area contributed by atoms with Crippen molar-refractivity contribution >= 4 is 23.7 Å². The maximum atomic E-state index is 13.0. The van der Waals surface area contributed by atoms with Gasteiger partial charge in [-0.1, -0.05) is 0 Å². The summed E-state index contributed by atoms with van der Waals surface area (Å²) in [5, 5.41) is 8.53. The molecule has 2 heterocycles. The van der Waals surface area contributed by atoms with E-state index in [1.54, 1.807) is 4.90 Å². The molecule has 0 bridgehead atoms. The maximum Gasteiger partial charge on any atom is 0.433 e. The van der Waals surface area contributed by atoms with E-state index in [1.807, 2.05) is 0 Å². The van der Waals surface area contributed by atoms with E-state index in [9.17, 15) is 18.0 Å². The fourth-order valence-electron chi connectivity index (χ4n) is 1.80. The van der Waals surface area contributed by atoms with Gasteiger partial charge in [-0.05, 0) is 12.5 Å². The van der Waals surface area contributed by atoms with Crippen LogP contribution in [0.5, 0.6) is 0 Å². The van der Waals surface area contributed by atoms with Gasteiger partial charge in [0.05, 0.1) is 5.69 Å². The molecule has 1 aromatic rings. The Morgan fingerprint density at radius 3 is 2.61 bits per heavy atom. The van der Waals surface area contributed by atoms with Crippen molar-refractivity contribution in [3.8, 4) is 0 Å². The normalized spacial score (nSPS) is 15.8. The predicted molar refractivity (Wildman–Crippen MR) is 77.0 cm³/mol. The van der Waals surface area contributed by atoms with E-state index in [4.69, 9.17) is 10.8 Å². The molecule has 0 amide bonds. The lowest BCUT2D eigenvalue weighted by atomic mass is 10.2. The number of hydrogen-bond acceptors (Lipinski definition) is 6. The number of halogens is 3. The molecular formula is C13H14F3N5O2. The third-order valence-corrected chi connectivity index (χ3v) is 3.08. The van der Waals surface area contributed by atoms with E-state index in [0.29, 0.717) is 13.1 Å². The van der Waals surface area contributed by atoms with Gasteiger partial charge in [-0.15, -0.1) is 0 Å². The second-order valence-electron chi connectivity index (χ2n) is 4.76. The molecule has 0 spiro atoms. The Bertz CT molecular complexity index is 654. The molecule has 23 heavy (non-hydrogen) atoms. The lowest BCUT2D eigenvalue weighted by Crippen LogP contribution is -2.38. The van der Waals surface area contributed by atoms with Crippen LogP contribution in [0.2, 0.25) is 0 Å². The van der Waals surface area contributed by atoms with Gasteiger partial charge >= 0.3 is 12.1 Å². The second kappa shape index (κ2) is 6.63. The number of aliphatic carboxylic acids is 1. The highest BCUT2D eigenvalue weighted by atomic mass is 19.4. The third kappa shape index (κ3) is 4.18. The van der Waals surface area contributed by atoms with E-state index >= 15 is 0 Å². The molecule has 0 unspecified atom stereocenters. The summed E-state index contributed by atoms with van der Waals surface area (Å²) in [5.41, 5.74) is 4.33. The Kier molecular flexibility index (Phi) is 4.82. The van der Waals surface area contributed by atoms with E-state index in [-0.39, 0.29) is 17.2 Å². The number of carboxylic acids is 1. The zero-order valence-electron chi connectivity index (χ0n) is 11.9. The van der Waals surface area contributed by atoms with Gasteiger partial charge in [0.1, 0.15) is 6.54 Å². The number of aromatic nitrogens is 2. The molecule has 1 fully saturated rings. The Hall–Kier alpha value is -2.65. The maximum absolute atomic E-state index is 13.0. The fraction of sp³-hybridized carbons (Fsp3) is 0.385. The van der Waals surface area contributed by atoms with Crippen LogP contribution in [0.3, 0.4) is 0 Å². The average Bonchev–Trinajstić information content (AvgIpc) is 2.40. The number of anilines is 1. The highest BCUT2D eigenvalue weighted by Crippen LogP contribution is 2.31. The number of alkyl halides is 3. The molecular weight excluding hydrogens is 315 g/mol. The molecule has 0 aliphatic carbocycles. The SMILES string of the molecule is NC=C(C=NCC(=O)O)c1cc(C(F)(F)F)nc(N2CCC2)n1. The Balaban J connectivity index is 2.39. The third-order valence-electron chi connectivity index (χ3n) is 3.08. The molecule has 0 radical (unpaired) electrons. The molecule has 124 valence electrons. The van der Waals surface area contributed by atoms with Crippen LogP contribution >= 0.6 is 0 Å². The lowest BCUT2D eigenvalue weighted by Gasteiger charge is -2.31. The average molecular weight is 329 g/mol. The summed E-state index contributed by atoms with van der Waals surface area (Å²) in [6.45, 7) is 0.637. The summed E-state index contributed by atoms with van der Waals surface area (Å²) in [6, 6.07) is 0.759. The van der Waals surface area contributed by atoms with Crippen molar-refractivity contribution < 1.29 is 23.1 Å². The minimum Gasteiger partial charge on any atom is -0.480 e. The number of carboxylic acid groups (broad SMARTS) is 1. The largest absolute Gasteiger partial charge is 0.480 e. The van der Waals surface area contributed by atoms with Crippen molar-refractivity contribution in [2.45, 2.75) is 12.6 Å². The Morgan fingerprint density at radius 2 is 2.13 bits per heavy atom. The second-order valence-corrected chi connectivity index (χ2v) is 4.76. The van der Waals surface area contributed by atoms with Crippen LogP contribution in [0.25, 0.3) is 5.57 Å². The summed E-state index contributed by atoms with van der Waals surface area (Å²) in [5.74, 6) is -1.20. The predicted octanol–water partition coefficient (Wildman–Crippen LogP) is 1.16. The first-order valence-electron chi connectivity index (χ1n) is 6.66.